The van der Waals surface area contributed by atoms with Gasteiger partial charge < -0.3 is 9.47 Å². The van der Waals surface area contributed by atoms with Crippen molar-refractivity contribution in [3.05, 3.63) is 320 Å². The van der Waals surface area contributed by atoms with Crippen LogP contribution in [0.25, 0.3) is 22.2 Å². The van der Waals surface area contributed by atoms with E-state index in [-0.39, 0.29) is 30.2 Å². The van der Waals surface area contributed by atoms with Crippen LogP contribution in [0, 0.1) is 53.4 Å². The Kier molecular flexibility index (Phi) is 17.1. The van der Waals surface area contributed by atoms with Crippen LogP contribution in [0.1, 0.15) is 159 Å². The number of hydrogen-bond acceptors (Lipinski definition) is 1. The Morgan fingerprint density at radius 2 is 1.09 bits per heavy atom. The maximum absolute atomic E-state index is 2.94. The van der Waals surface area contributed by atoms with Crippen molar-refractivity contribution < 1.29 is 0 Å². The Labute approximate surface area is 601 Å². The standard InChI is InChI=1S/C95H98B2N2S/c1-62-53-64(3)88(65(4)54-62)96-81-58-73(93(7,8)9)49-51-85(81)99-86-52-50-74(94(10,11)12)59-82(86)97(89-66(5)55-63(2)56-67(89)6)84-61-75(60-83(96)92(84)99)98-90-69(57-87(68-33-19-13-20-34-68)100(76-42-27-17-28-43-76)77-44-29-18-30-45-77)35-31-46-78(90)79-47-32-48-80(91(79)98)95(70-36-21-14-22-37-70,71-38-23-15-24-39-71)72-40-25-16-26-41-72/h13-17,19,21-29,31,35-40,42-46,48-56,58-61,68,72,87,100H,18,20,30,32-34,41,47,57H2,1-12H3. The average Bonchev–Trinajstić information content (AvgIpc) is 0.915. The normalized spacial score (nSPS) is 17.9. The summed E-state index contributed by atoms with van der Waals surface area (Å²) in [4.78, 5) is 5.80. The summed E-state index contributed by atoms with van der Waals surface area (Å²) in [5.41, 5.74) is 33.2. The zero-order valence-corrected chi connectivity index (χ0v) is 62.1. The summed E-state index contributed by atoms with van der Waals surface area (Å²) in [5, 5.41) is 1.78. The second-order valence-electron chi connectivity index (χ2n) is 32.3. The molecule has 0 bridgehead atoms. The second kappa shape index (κ2) is 26.0. The van der Waals surface area contributed by atoms with Gasteiger partial charge in [-0.1, -0.05) is 292 Å². The lowest BCUT2D eigenvalue weighted by Gasteiger charge is -2.46. The van der Waals surface area contributed by atoms with E-state index in [1.165, 1.54) is 156 Å². The summed E-state index contributed by atoms with van der Waals surface area (Å²) < 4.78 is 2.94. The molecule has 0 N–H and O–H groups in total. The first-order chi connectivity index (χ1) is 48.4. The van der Waals surface area contributed by atoms with Crippen molar-refractivity contribution in [1.29, 1.82) is 0 Å². The van der Waals surface area contributed by atoms with Gasteiger partial charge in [-0.05, 0) is 229 Å². The van der Waals surface area contributed by atoms with Gasteiger partial charge in [0.15, 0.2) is 0 Å². The molecule has 2 nitrogen and oxygen atoms in total. The van der Waals surface area contributed by atoms with E-state index >= 15 is 0 Å². The first kappa shape index (κ1) is 65.8. The quantitative estimate of drug-likeness (QED) is 0.0687. The van der Waals surface area contributed by atoms with Crippen LogP contribution in [0.15, 0.2) is 253 Å². The molecule has 0 radical (unpaired) electrons. The predicted octanol–water partition coefficient (Wildman–Crippen LogP) is 20.2. The largest absolute Gasteiger partial charge is 0.313 e. The van der Waals surface area contributed by atoms with Gasteiger partial charge in [0, 0.05) is 33.4 Å². The zero-order chi connectivity index (χ0) is 68.9. The molecule has 100 heavy (non-hydrogen) atoms. The zero-order valence-electron chi connectivity index (χ0n) is 61.2. The number of allylic oxidation sites excluding steroid dienone is 11. The molecule has 2 aliphatic heterocycles. The Morgan fingerprint density at radius 1 is 0.510 bits per heavy atom. The first-order valence-corrected chi connectivity index (χ1v) is 38.9. The fourth-order valence-corrected chi connectivity index (χ4v) is 22.7. The van der Waals surface area contributed by atoms with Crippen LogP contribution in [0.4, 0.5) is 17.1 Å². The minimum Gasteiger partial charge on any atom is -0.313 e. The molecule has 4 unspecified atom stereocenters. The molecule has 1 aromatic heterocycles. The van der Waals surface area contributed by atoms with E-state index in [9.17, 15) is 0 Å². The van der Waals surface area contributed by atoms with Crippen LogP contribution in [-0.4, -0.2) is 23.2 Å². The van der Waals surface area contributed by atoms with Crippen molar-refractivity contribution in [2.45, 2.75) is 167 Å². The minimum atomic E-state index is -0.760. The van der Waals surface area contributed by atoms with Gasteiger partial charge >= 0.3 is 0 Å². The number of thiol groups is 1. The van der Waals surface area contributed by atoms with E-state index in [0.717, 1.165) is 51.4 Å². The van der Waals surface area contributed by atoms with E-state index in [2.05, 4.69) is 335 Å². The number of para-hydroxylation sites is 1. The molecular weight excluding hydrogens is 1220 g/mol. The highest BCUT2D eigenvalue weighted by Gasteiger charge is 2.50. The third-order valence-corrected chi connectivity index (χ3v) is 26.7. The molecule has 0 spiro atoms. The van der Waals surface area contributed by atoms with Crippen molar-refractivity contribution in [3.8, 4) is 5.69 Å². The van der Waals surface area contributed by atoms with Gasteiger partial charge in [0.05, 0.1) is 16.6 Å². The number of fused-ring (bicyclic) bond motifs is 7. The number of anilines is 3. The number of nitrogens with zero attached hydrogens (tertiary/aromatic N) is 2. The van der Waals surface area contributed by atoms with Crippen molar-refractivity contribution in [3.63, 3.8) is 0 Å². The topological polar surface area (TPSA) is 8.17 Å². The predicted molar refractivity (Wildman–Crippen MR) is 436 cm³/mol. The molecule has 3 heterocycles. The van der Waals surface area contributed by atoms with Crippen LogP contribution in [-0.2, 0) is 29.1 Å². The number of aryl methyl sites for hydroxylation is 7. The summed E-state index contributed by atoms with van der Waals surface area (Å²) in [6.45, 7) is 28.4. The monoisotopic (exact) mass is 1320 g/mol. The van der Waals surface area contributed by atoms with Crippen LogP contribution in [0.2, 0.25) is 0 Å². The molecule has 5 heteroatoms. The maximum atomic E-state index is 2.94. The SMILES string of the molecule is Cc1cc(C)c(B2c3cc(C(C)(C)C)ccc3N3c4ccc(C(C)(C)C)cc4B(c4c(C)cc(C)cc4C)c4cc(-n5c6c(c7cccc(CC(C8CC=CCC8)[SH](C8=CCCC=C8)c8ccccc8)c75)CCC=C6C(c5ccccc5)(c5ccccc5)C5C=CC=CC5)cc2c43)c(C)c1. The molecule has 6 aliphatic rings. The van der Waals surface area contributed by atoms with Gasteiger partial charge in [0.25, 0.3) is 0 Å². The van der Waals surface area contributed by atoms with Gasteiger partial charge in [0.1, 0.15) is 0 Å². The van der Waals surface area contributed by atoms with E-state index in [1.807, 2.05) is 0 Å². The van der Waals surface area contributed by atoms with Crippen LogP contribution < -0.4 is 37.7 Å². The molecule has 16 rings (SSSR count). The smallest absolute Gasteiger partial charge is 0.247 e. The van der Waals surface area contributed by atoms with Gasteiger partial charge in [0.2, 0.25) is 13.4 Å². The van der Waals surface area contributed by atoms with Crippen LogP contribution in [0.3, 0.4) is 0 Å². The molecule has 4 atom stereocenters. The Morgan fingerprint density at radius 3 is 1.61 bits per heavy atom. The third-order valence-electron chi connectivity index (χ3n) is 23.7. The third kappa shape index (κ3) is 11.2. The van der Waals surface area contributed by atoms with Gasteiger partial charge in [-0.15, -0.1) is 0 Å². The Hall–Kier alpha value is -8.76. The molecule has 4 aliphatic carbocycles. The van der Waals surface area contributed by atoms with Gasteiger partial charge in [-0.2, -0.15) is 10.9 Å². The Balaban J connectivity index is 1.09. The molecule has 0 amide bonds. The number of aromatic nitrogens is 1. The molecule has 0 fully saturated rings. The van der Waals surface area contributed by atoms with E-state index in [1.54, 1.807) is 4.91 Å². The van der Waals surface area contributed by atoms with E-state index in [4.69, 9.17) is 0 Å². The second-order valence-corrected chi connectivity index (χ2v) is 34.7. The molecular formula is C95H98B2N2S. The van der Waals surface area contributed by atoms with Crippen molar-refractivity contribution >= 4 is 90.6 Å². The lowest BCUT2D eigenvalue weighted by atomic mass is 9.29. The highest BCUT2D eigenvalue weighted by Crippen LogP contribution is 2.58. The molecule has 10 aromatic rings. The van der Waals surface area contributed by atoms with E-state index < -0.39 is 16.3 Å². The molecule has 0 saturated heterocycles. The summed E-state index contributed by atoms with van der Waals surface area (Å²) >= 11 is 0. The lowest BCUT2D eigenvalue weighted by Crippen LogP contribution is -2.66. The summed E-state index contributed by atoms with van der Waals surface area (Å²) in [7, 11) is -0.760. The highest BCUT2D eigenvalue weighted by atomic mass is 32.2. The van der Waals surface area contributed by atoms with Crippen molar-refractivity contribution in [2.24, 2.45) is 11.8 Å². The van der Waals surface area contributed by atoms with Crippen molar-refractivity contribution in [2.75, 3.05) is 4.90 Å². The molecule has 0 saturated carbocycles. The number of rotatable bonds is 13. The molecule has 9 aromatic carbocycles. The Bertz CT molecular complexity index is 4820. The fraction of sp³-hybridized carbons (Fsp3) is 0.284. The minimum absolute atomic E-state index is 0.0897. The highest BCUT2D eigenvalue weighted by molar-refractivity contribution is 8.21. The average molecular weight is 1320 g/mol. The van der Waals surface area contributed by atoms with Gasteiger partial charge in [-0.3, -0.25) is 0 Å². The fourth-order valence-electron chi connectivity index (χ4n) is 19.4. The lowest BCUT2D eigenvalue weighted by molar-refractivity contribution is 0.457. The maximum Gasteiger partial charge on any atom is 0.247 e. The summed E-state index contributed by atoms with van der Waals surface area (Å²) in [6.07, 6.45) is 34.3. The number of hydrogen-bond donors (Lipinski definition) is 1. The molecule has 500 valence electrons. The van der Waals surface area contributed by atoms with Crippen molar-refractivity contribution in [1.82, 2.24) is 4.57 Å². The van der Waals surface area contributed by atoms with Crippen LogP contribution in [0.5, 0.6) is 0 Å². The van der Waals surface area contributed by atoms with Gasteiger partial charge in [-0.25, -0.2) is 0 Å². The summed E-state index contributed by atoms with van der Waals surface area (Å²) in [5.74, 6) is 0.638. The number of benzene rings is 9. The van der Waals surface area contributed by atoms with Crippen LogP contribution >= 0.6 is 10.9 Å². The summed E-state index contributed by atoms with van der Waals surface area (Å²) in [6, 6.07) is 73.4. The first-order valence-electron chi connectivity index (χ1n) is 37.5. The van der Waals surface area contributed by atoms with E-state index in [0.29, 0.717) is 11.2 Å².